The molecule has 1 aromatic heterocycles. The number of sulfonamides is 1. The lowest BCUT2D eigenvalue weighted by atomic mass is 10.1. The van der Waals surface area contributed by atoms with Gasteiger partial charge in [-0.25, -0.2) is 8.42 Å². The van der Waals surface area contributed by atoms with Crippen molar-refractivity contribution >= 4 is 33.0 Å². The maximum Gasteiger partial charge on any atom is 0.232 e. The van der Waals surface area contributed by atoms with Crippen LogP contribution in [0.4, 0.5) is 5.69 Å². The Morgan fingerprint density at radius 2 is 1.92 bits per heavy atom. The number of nitrogens with one attached hydrogen (secondary N) is 2. The molecule has 2 rings (SSSR count). The molecule has 0 radical (unpaired) electrons. The molecule has 2 N–H and O–H groups in total. The van der Waals surface area contributed by atoms with Crippen molar-refractivity contribution in [3.63, 3.8) is 0 Å². The molecule has 7 heteroatoms. The highest BCUT2D eigenvalue weighted by Gasteiger charge is 2.10. The molecule has 5 nitrogen and oxygen atoms in total. The lowest BCUT2D eigenvalue weighted by Gasteiger charge is -2.08. The van der Waals surface area contributed by atoms with Gasteiger partial charge in [-0.2, -0.15) is 0 Å². The molecule has 0 saturated carbocycles. The molecule has 0 bridgehead atoms. The lowest BCUT2D eigenvalue weighted by molar-refractivity contribution is -0.120. The first-order chi connectivity index (χ1) is 11.5. The number of rotatable bonds is 9. The third kappa shape index (κ3) is 6.33. The van der Waals surface area contributed by atoms with E-state index in [1.165, 1.54) is 0 Å². The predicted octanol–water partition coefficient (Wildman–Crippen LogP) is 3.15. The number of unbranched alkanes of at least 4 members (excludes halogenated alkanes) is 1. The summed E-state index contributed by atoms with van der Waals surface area (Å²) in [6.45, 7) is 2.49. The second kappa shape index (κ2) is 8.84. The van der Waals surface area contributed by atoms with Crippen LogP contribution >= 0.6 is 11.3 Å². The molecule has 0 atom stereocenters. The predicted molar refractivity (Wildman–Crippen MR) is 98.6 cm³/mol. The standard InChI is InChI=1S/C17H22N2O3S2/c1-2-3-11-24(21,22)19-15-8-6-14(7-9-15)12-17(20)18-13-16-5-4-10-23-16/h4-10,19H,2-3,11-13H2,1H3,(H,18,20). The summed E-state index contributed by atoms with van der Waals surface area (Å²) < 4.78 is 26.2. The third-order valence-electron chi connectivity index (χ3n) is 3.40. The molecule has 1 aromatic carbocycles. The summed E-state index contributed by atoms with van der Waals surface area (Å²) >= 11 is 1.60. The van der Waals surface area contributed by atoms with E-state index >= 15 is 0 Å². The zero-order chi connectivity index (χ0) is 17.4. The van der Waals surface area contributed by atoms with E-state index in [9.17, 15) is 13.2 Å². The average molecular weight is 367 g/mol. The van der Waals surface area contributed by atoms with Gasteiger partial charge in [0, 0.05) is 10.6 Å². The van der Waals surface area contributed by atoms with Crippen molar-refractivity contribution in [3.05, 3.63) is 52.2 Å². The molecule has 24 heavy (non-hydrogen) atoms. The van der Waals surface area contributed by atoms with Crippen molar-refractivity contribution in [3.8, 4) is 0 Å². The molecule has 1 amide bonds. The largest absolute Gasteiger partial charge is 0.351 e. The SMILES string of the molecule is CCCCS(=O)(=O)Nc1ccc(CC(=O)NCc2cccs2)cc1. The van der Waals surface area contributed by atoms with Gasteiger partial charge in [0.15, 0.2) is 0 Å². The number of hydrogen-bond donors (Lipinski definition) is 2. The molecule has 0 aliphatic heterocycles. The Balaban J connectivity index is 1.84. The Labute approximate surface area is 147 Å². The van der Waals surface area contributed by atoms with Crippen molar-refractivity contribution in [2.24, 2.45) is 0 Å². The highest BCUT2D eigenvalue weighted by Crippen LogP contribution is 2.13. The first-order valence-electron chi connectivity index (χ1n) is 7.87. The van der Waals surface area contributed by atoms with Crippen LogP contribution in [0.15, 0.2) is 41.8 Å². The van der Waals surface area contributed by atoms with Crippen molar-refractivity contribution in [1.29, 1.82) is 0 Å². The van der Waals surface area contributed by atoms with Crippen LogP contribution in [-0.4, -0.2) is 20.1 Å². The molecule has 130 valence electrons. The van der Waals surface area contributed by atoms with Gasteiger partial charge in [-0.15, -0.1) is 11.3 Å². The van der Waals surface area contributed by atoms with E-state index in [1.807, 2.05) is 24.4 Å². The minimum Gasteiger partial charge on any atom is -0.351 e. The van der Waals surface area contributed by atoms with E-state index in [2.05, 4.69) is 10.0 Å². The quantitative estimate of drug-likeness (QED) is 0.716. The summed E-state index contributed by atoms with van der Waals surface area (Å²) in [6.07, 6.45) is 1.74. The first-order valence-corrected chi connectivity index (χ1v) is 10.4. The molecular weight excluding hydrogens is 344 g/mol. The molecule has 2 aromatic rings. The number of amides is 1. The van der Waals surface area contributed by atoms with Crippen LogP contribution in [-0.2, 0) is 27.8 Å². The normalized spacial score (nSPS) is 11.2. The topological polar surface area (TPSA) is 75.3 Å². The van der Waals surface area contributed by atoms with Crippen LogP contribution in [0.3, 0.4) is 0 Å². The van der Waals surface area contributed by atoms with E-state index in [-0.39, 0.29) is 18.1 Å². The van der Waals surface area contributed by atoms with Crippen LogP contribution in [0, 0.1) is 0 Å². The van der Waals surface area contributed by atoms with Crippen LogP contribution in [0.25, 0.3) is 0 Å². The summed E-state index contributed by atoms with van der Waals surface area (Å²) in [5, 5.41) is 4.84. The van der Waals surface area contributed by atoms with Gasteiger partial charge < -0.3 is 5.32 Å². The molecular formula is C17H22N2O3S2. The van der Waals surface area contributed by atoms with Crippen LogP contribution < -0.4 is 10.0 Å². The highest BCUT2D eigenvalue weighted by atomic mass is 32.2. The smallest absolute Gasteiger partial charge is 0.232 e. The number of thiophene rings is 1. The van der Waals surface area contributed by atoms with Gasteiger partial charge >= 0.3 is 0 Å². The minimum atomic E-state index is -3.29. The van der Waals surface area contributed by atoms with Crippen molar-refractivity contribution in [2.75, 3.05) is 10.5 Å². The van der Waals surface area contributed by atoms with E-state index in [1.54, 1.807) is 35.6 Å². The van der Waals surface area contributed by atoms with E-state index in [0.29, 0.717) is 18.7 Å². The number of anilines is 1. The Hall–Kier alpha value is -1.86. The van der Waals surface area contributed by atoms with E-state index in [0.717, 1.165) is 16.9 Å². The summed E-state index contributed by atoms with van der Waals surface area (Å²) in [4.78, 5) is 13.0. The summed E-state index contributed by atoms with van der Waals surface area (Å²) in [6, 6.07) is 10.8. The van der Waals surface area contributed by atoms with Gasteiger partial charge in [0.1, 0.15) is 0 Å². The second-order valence-electron chi connectivity index (χ2n) is 5.50. The van der Waals surface area contributed by atoms with E-state index in [4.69, 9.17) is 0 Å². The van der Waals surface area contributed by atoms with Crippen molar-refractivity contribution < 1.29 is 13.2 Å². The summed E-state index contributed by atoms with van der Waals surface area (Å²) in [7, 11) is -3.29. The maximum atomic E-state index is 11.9. The van der Waals surface area contributed by atoms with Crippen molar-refractivity contribution in [1.82, 2.24) is 5.32 Å². The molecule has 0 aliphatic rings. The van der Waals surface area contributed by atoms with Gasteiger partial charge in [-0.3, -0.25) is 9.52 Å². The average Bonchev–Trinajstić information content (AvgIpc) is 3.06. The molecule has 0 aliphatic carbocycles. The summed E-state index contributed by atoms with van der Waals surface area (Å²) in [5.41, 5.74) is 1.36. The number of hydrogen-bond acceptors (Lipinski definition) is 4. The van der Waals surface area contributed by atoms with Gasteiger partial charge in [-0.05, 0) is 35.6 Å². The highest BCUT2D eigenvalue weighted by molar-refractivity contribution is 7.92. The minimum absolute atomic E-state index is 0.0559. The van der Waals surface area contributed by atoms with Crippen molar-refractivity contribution in [2.45, 2.75) is 32.7 Å². The number of benzene rings is 1. The first kappa shape index (κ1) is 18.5. The number of carbonyl (C=O) groups is 1. The fourth-order valence-electron chi connectivity index (χ4n) is 2.10. The zero-order valence-electron chi connectivity index (χ0n) is 13.6. The summed E-state index contributed by atoms with van der Waals surface area (Å²) in [5.74, 6) is 0.0656. The monoisotopic (exact) mass is 366 g/mol. The Bertz CT molecular complexity index is 739. The molecule has 1 heterocycles. The van der Waals surface area contributed by atoms with Crippen LogP contribution in [0.2, 0.25) is 0 Å². The Morgan fingerprint density at radius 3 is 2.54 bits per heavy atom. The zero-order valence-corrected chi connectivity index (χ0v) is 15.3. The molecule has 0 saturated heterocycles. The third-order valence-corrected chi connectivity index (χ3v) is 5.65. The fraction of sp³-hybridized carbons (Fsp3) is 0.353. The Kier molecular flexibility index (Phi) is 6.81. The van der Waals surface area contributed by atoms with Crippen LogP contribution in [0.1, 0.15) is 30.2 Å². The maximum absolute atomic E-state index is 11.9. The molecule has 0 fully saturated rings. The number of carbonyl (C=O) groups excluding carboxylic acids is 1. The Morgan fingerprint density at radius 1 is 1.17 bits per heavy atom. The lowest BCUT2D eigenvalue weighted by Crippen LogP contribution is -2.24. The fourth-order valence-corrected chi connectivity index (χ4v) is 4.01. The van der Waals surface area contributed by atoms with Gasteiger partial charge in [0.05, 0.1) is 18.7 Å². The van der Waals surface area contributed by atoms with Crippen LogP contribution in [0.5, 0.6) is 0 Å². The molecule has 0 spiro atoms. The molecule has 0 unspecified atom stereocenters. The van der Waals surface area contributed by atoms with Gasteiger partial charge in [0.25, 0.3) is 0 Å². The van der Waals surface area contributed by atoms with E-state index < -0.39 is 10.0 Å². The van der Waals surface area contributed by atoms with Gasteiger partial charge in [0.2, 0.25) is 15.9 Å². The second-order valence-corrected chi connectivity index (χ2v) is 8.38. The van der Waals surface area contributed by atoms with Gasteiger partial charge in [-0.1, -0.05) is 31.5 Å².